The number of likely N-dealkylation sites (N-methyl/N-ethyl adjacent to an activating group) is 1. The number of nitrogens with zero attached hydrogens (tertiary/aromatic N) is 2. The van der Waals surface area contributed by atoms with E-state index in [0.29, 0.717) is 17.9 Å². The topological polar surface area (TPSA) is 69.7 Å². The van der Waals surface area contributed by atoms with Crippen LogP contribution in [0.25, 0.3) is 0 Å². The van der Waals surface area contributed by atoms with Crippen LogP contribution in [0.4, 0.5) is 10.1 Å². The van der Waals surface area contributed by atoms with Crippen LogP contribution >= 0.6 is 11.8 Å². The first-order valence-corrected chi connectivity index (χ1v) is 9.05. The maximum absolute atomic E-state index is 13.2. The van der Waals surface area contributed by atoms with Crippen molar-refractivity contribution in [2.45, 2.75) is 30.7 Å². The smallest absolute Gasteiger partial charge is 0.246 e. The molecule has 8 heteroatoms. The monoisotopic (exact) mass is 365 g/mol. The van der Waals surface area contributed by atoms with Crippen LogP contribution in [0.2, 0.25) is 0 Å². The molecule has 0 saturated carbocycles. The van der Waals surface area contributed by atoms with Crippen LogP contribution in [-0.4, -0.2) is 57.8 Å². The van der Waals surface area contributed by atoms with E-state index in [1.807, 2.05) is 6.92 Å². The molecule has 3 amide bonds. The molecule has 0 aliphatic carbocycles. The lowest BCUT2D eigenvalue weighted by molar-refractivity contribution is -0.143. The van der Waals surface area contributed by atoms with Gasteiger partial charge < -0.3 is 15.1 Å². The summed E-state index contributed by atoms with van der Waals surface area (Å²) in [6, 6.07) is 5.03. The predicted octanol–water partition coefficient (Wildman–Crippen LogP) is 1.68. The Kier molecular flexibility index (Phi) is 4.73. The molecule has 0 spiro atoms. The number of nitrogens with one attached hydrogen (secondary N) is 1. The van der Waals surface area contributed by atoms with Crippen molar-refractivity contribution in [3.05, 3.63) is 30.1 Å². The molecule has 2 heterocycles. The molecule has 0 radical (unpaired) electrons. The van der Waals surface area contributed by atoms with Crippen molar-refractivity contribution in [2.75, 3.05) is 24.7 Å². The van der Waals surface area contributed by atoms with Crippen LogP contribution in [0, 0.1) is 5.82 Å². The van der Waals surface area contributed by atoms with Gasteiger partial charge in [0.1, 0.15) is 11.9 Å². The number of hydrogen-bond acceptors (Lipinski definition) is 4. The minimum Gasteiger partial charge on any atom is -0.335 e. The Morgan fingerprint density at radius 1 is 1.48 bits per heavy atom. The summed E-state index contributed by atoms with van der Waals surface area (Å²) < 4.78 is 13.2. The Morgan fingerprint density at radius 2 is 2.24 bits per heavy atom. The third kappa shape index (κ3) is 3.49. The third-order valence-corrected chi connectivity index (χ3v) is 6.10. The number of amides is 3. The summed E-state index contributed by atoms with van der Waals surface area (Å²) >= 11 is 1.61. The Labute approximate surface area is 149 Å². The van der Waals surface area contributed by atoms with Crippen molar-refractivity contribution >= 4 is 35.2 Å². The quantitative estimate of drug-likeness (QED) is 0.881. The fourth-order valence-corrected chi connectivity index (χ4v) is 4.74. The van der Waals surface area contributed by atoms with Crippen LogP contribution in [0.3, 0.4) is 0 Å². The zero-order chi connectivity index (χ0) is 18.2. The number of carbonyl (C=O) groups is 3. The van der Waals surface area contributed by atoms with E-state index in [2.05, 4.69) is 5.32 Å². The molecule has 25 heavy (non-hydrogen) atoms. The van der Waals surface area contributed by atoms with Crippen molar-refractivity contribution in [1.82, 2.24) is 9.80 Å². The minimum atomic E-state index is -0.531. The fourth-order valence-electron chi connectivity index (χ4n) is 3.32. The maximum Gasteiger partial charge on any atom is 0.246 e. The van der Waals surface area contributed by atoms with Crippen LogP contribution in [0.5, 0.6) is 0 Å². The highest BCUT2D eigenvalue weighted by molar-refractivity contribution is 8.01. The van der Waals surface area contributed by atoms with Crippen molar-refractivity contribution in [3.63, 3.8) is 0 Å². The number of carbonyl (C=O) groups excluding carboxylic acids is 3. The lowest BCUT2D eigenvalue weighted by Crippen LogP contribution is -2.51. The van der Waals surface area contributed by atoms with Gasteiger partial charge in [-0.15, -0.1) is 11.8 Å². The molecular formula is C17H20FN3O3S. The van der Waals surface area contributed by atoms with Gasteiger partial charge in [0.2, 0.25) is 17.7 Å². The maximum atomic E-state index is 13.2. The van der Waals surface area contributed by atoms with Gasteiger partial charge in [0, 0.05) is 24.9 Å². The number of anilines is 1. The molecule has 3 rings (SSSR count). The molecule has 2 fully saturated rings. The molecule has 1 aromatic carbocycles. The minimum absolute atomic E-state index is 0.0107. The van der Waals surface area contributed by atoms with Gasteiger partial charge in [0.15, 0.2) is 0 Å². The lowest BCUT2D eigenvalue weighted by atomic mass is 10.2. The molecule has 0 bridgehead atoms. The van der Waals surface area contributed by atoms with Crippen LogP contribution in [0.15, 0.2) is 24.3 Å². The molecule has 134 valence electrons. The lowest BCUT2D eigenvalue weighted by Gasteiger charge is -2.31. The van der Waals surface area contributed by atoms with E-state index in [4.69, 9.17) is 0 Å². The van der Waals surface area contributed by atoms with E-state index < -0.39 is 17.8 Å². The average molecular weight is 365 g/mol. The van der Waals surface area contributed by atoms with E-state index in [-0.39, 0.29) is 23.2 Å². The highest BCUT2D eigenvalue weighted by Crippen LogP contribution is 2.47. The largest absolute Gasteiger partial charge is 0.335 e. The van der Waals surface area contributed by atoms with E-state index in [9.17, 15) is 18.8 Å². The Morgan fingerprint density at radius 3 is 2.96 bits per heavy atom. The van der Waals surface area contributed by atoms with Crippen LogP contribution in [0.1, 0.15) is 19.8 Å². The van der Waals surface area contributed by atoms with Gasteiger partial charge in [-0.3, -0.25) is 14.4 Å². The molecule has 6 nitrogen and oxygen atoms in total. The van der Waals surface area contributed by atoms with Gasteiger partial charge in [-0.2, -0.15) is 0 Å². The zero-order valence-corrected chi connectivity index (χ0v) is 14.9. The summed E-state index contributed by atoms with van der Waals surface area (Å²) in [6.07, 6.45) is 1.20. The SMILES string of the molecule is CN(CC(=O)Nc1cccc(F)c1)C(=O)[C@@H]1CS[C@]2(C)CCC(=O)N12. The zero-order valence-electron chi connectivity index (χ0n) is 14.1. The van der Waals surface area contributed by atoms with Gasteiger partial charge in [-0.1, -0.05) is 6.07 Å². The van der Waals surface area contributed by atoms with Gasteiger partial charge in [-0.25, -0.2) is 4.39 Å². The average Bonchev–Trinajstić information content (AvgIpc) is 3.03. The van der Waals surface area contributed by atoms with Crippen molar-refractivity contribution in [3.8, 4) is 0 Å². The van der Waals surface area contributed by atoms with Gasteiger partial charge >= 0.3 is 0 Å². The van der Waals surface area contributed by atoms with E-state index in [0.717, 1.165) is 6.42 Å². The summed E-state index contributed by atoms with van der Waals surface area (Å²) in [5, 5.41) is 2.56. The second kappa shape index (κ2) is 6.67. The van der Waals surface area contributed by atoms with E-state index in [1.165, 1.54) is 30.1 Å². The first-order chi connectivity index (χ1) is 11.8. The molecule has 2 aliphatic rings. The molecule has 2 atom stereocenters. The van der Waals surface area contributed by atoms with Crippen LogP contribution < -0.4 is 5.32 Å². The summed E-state index contributed by atoms with van der Waals surface area (Å²) in [7, 11) is 1.54. The number of rotatable bonds is 4. The van der Waals surface area contributed by atoms with Crippen LogP contribution in [-0.2, 0) is 14.4 Å². The number of hydrogen-bond donors (Lipinski definition) is 1. The fraction of sp³-hybridized carbons (Fsp3) is 0.471. The second-order valence-electron chi connectivity index (χ2n) is 6.52. The van der Waals surface area contributed by atoms with Gasteiger partial charge in [0.25, 0.3) is 0 Å². The molecule has 0 unspecified atom stereocenters. The molecule has 1 aromatic rings. The summed E-state index contributed by atoms with van der Waals surface area (Å²) in [5.74, 6) is -0.583. The standard InChI is InChI=1S/C17H20FN3O3S/c1-17-7-6-15(23)21(17)13(10-25-17)16(24)20(2)9-14(22)19-12-5-3-4-11(18)8-12/h3-5,8,13H,6-7,9-10H2,1-2H3,(H,19,22)/t13-,17+/m0/s1. The van der Waals surface area contributed by atoms with E-state index in [1.54, 1.807) is 22.7 Å². The number of thioether (sulfide) groups is 1. The van der Waals surface area contributed by atoms with E-state index >= 15 is 0 Å². The highest BCUT2D eigenvalue weighted by Gasteiger charge is 2.53. The number of fused-ring (bicyclic) bond motifs is 1. The molecule has 1 N–H and O–H groups in total. The van der Waals surface area contributed by atoms with Crippen molar-refractivity contribution < 1.29 is 18.8 Å². The Hall–Kier alpha value is -2.09. The highest BCUT2D eigenvalue weighted by atomic mass is 32.2. The van der Waals surface area contributed by atoms with Crippen molar-refractivity contribution in [2.24, 2.45) is 0 Å². The number of halogens is 1. The molecule has 2 saturated heterocycles. The molecular weight excluding hydrogens is 345 g/mol. The molecule has 0 aromatic heterocycles. The summed E-state index contributed by atoms with van der Waals surface area (Å²) in [4.78, 5) is 39.6. The summed E-state index contributed by atoms with van der Waals surface area (Å²) in [6.45, 7) is 1.82. The van der Waals surface area contributed by atoms with Gasteiger partial charge in [0.05, 0.1) is 11.4 Å². The first-order valence-electron chi connectivity index (χ1n) is 8.07. The first kappa shape index (κ1) is 17.7. The predicted molar refractivity (Wildman–Crippen MR) is 93.4 cm³/mol. The second-order valence-corrected chi connectivity index (χ2v) is 8.02. The van der Waals surface area contributed by atoms with Crippen molar-refractivity contribution in [1.29, 1.82) is 0 Å². The van der Waals surface area contributed by atoms with Gasteiger partial charge in [-0.05, 0) is 31.5 Å². The third-order valence-electron chi connectivity index (χ3n) is 4.60. The number of benzene rings is 1. The Bertz CT molecular complexity index is 729. The Balaban J connectivity index is 1.61. The normalized spacial score (nSPS) is 25.0. The molecule has 2 aliphatic heterocycles. The summed E-state index contributed by atoms with van der Waals surface area (Å²) in [5.41, 5.74) is 0.338.